The molecule has 0 saturated carbocycles. The Morgan fingerprint density at radius 3 is 1.37 bits per heavy atom. The van der Waals surface area contributed by atoms with E-state index in [2.05, 4.69) is 19.9 Å². The van der Waals surface area contributed by atoms with Crippen molar-refractivity contribution >= 4 is 11.6 Å². The summed E-state index contributed by atoms with van der Waals surface area (Å²) in [6.45, 7) is 0. The molecule has 0 radical (unpaired) electrons. The summed E-state index contributed by atoms with van der Waals surface area (Å²) in [5.41, 5.74) is 0. The molecule has 2 heterocycles. The third-order valence-electron chi connectivity index (χ3n) is 1.66. The standard InChI is InChI=1S/C6H4O2.2C3H4N2.CH4/c7-5-3-1-2-4-6(5)8;2*1-2-5-3-4-1;/h1-4H;2*1-3H,(H,4,5);1H4. The topological polar surface area (TPSA) is 91.5 Å². The Bertz CT molecular complexity index is 416. The molecule has 3 rings (SSSR count). The van der Waals surface area contributed by atoms with Crippen molar-refractivity contribution in [3.05, 3.63) is 61.7 Å². The zero-order valence-electron chi connectivity index (χ0n) is 9.48. The van der Waals surface area contributed by atoms with E-state index in [-0.39, 0.29) is 7.43 Å². The summed E-state index contributed by atoms with van der Waals surface area (Å²) in [4.78, 5) is 33.4. The van der Waals surface area contributed by atoms with Crippen LogP contribution in [0, 0.1) is 0 Å². The number of imidazole rings is 2. The number of aromatic amines is 2. The van der Waals surface area contributed by atoms with Crippen molar-refractivity contribution in [2.24, 2.45) is 0 Å². The number of hydrogen-bond acceptors (Lipinski definition) is 4. The number of ketones is 2. The van der Waals surface area contributed by atoms with Crippen LogP contribution in [-0.2, 0) is 9.59 Å². The molecule has 19 heavy (non-hydrogen) atoms. The smallest absolute Gasteiger partial charge is 0.225 e. The molecule has 0 atom stereocenters. The van der Waals surface area contributed by atoms with Crippen molar-refractivity contribution in [3.63, 3.8) is 0 Å². The lowest BCUT2D eigenvalue weighted by molar-refractivity contribution is -0.131. The van der Waals surface area contributed by atoms with E-state index in [4.69, 9.17) is 0 Å². The van der Waals surface area contributed by atoms with Crippen molar-refractivity contribution in [3.8, 4) is 0 Å². The minimum absolute atomic E-state index is 0. The highest BCUT2D eigenvalue weighted by molar-refractivity contribution is 6.46. The third-order valence-corrected chi connectivity index (χ3v) is 1.66. The highest BCUT2D eigenvalue weighted by atomic mass is 16.2. The summed E-state index contributed by atoms with van der Waals surface area (Å²) in [5.74, 6) is -0.875. The molecule has 100 valence electrons. The summed E-state index contributed by atoms with van der Waals surface area (Å²) >= 11 is 0. The molecule has 0 unspecified atom stereocenters. The second kappa shape index (κ2) is 10.4. The Morgan fingerprint density at radius 1 is 0.789 bits per heavy atom. The van der Waals surface area contributed by atoms with E-state index in [9.17, 15) is 9.59 Å². The maximum Gasteiger partial charge on any atom is 0.225 e. The molecule has 0 fully saturated rings. The molecule has 0 saturated heterocycles. The number of allylic oxidation sites excluding steroid dienone is 4. The van der Waals surface area contributed by atoms with E-state index in [1.807, 2.05) is 0 Å². The summed E-state index contributed by atoms with van der Waals surface area (Å²) in [7, 11) is 0. The highest BCUT2D eigenvalue weighted by Gasteiger charge is 2.06. The Kier molecular flexibility index (Phi) is 8.89. The number of rotatable bonds is 0. The molecule has 6 heteroatoms. The predicted octanol–water partition coefficient (Wildman–Crippen LogP) is 1.71. The van der Waals surface area contributed by atoms with Gasteiger partial charge in [-0.2, -0.15) is 0 Å². The number of aromatic nitrogens is 4. The molecule has 0 spiro atoms. The van der Waals surface area contributed by atoms with Gasteiger partial charge in [0.2, 0.25) is 11.6 Å². The molecule has 0 aliphatic heterocycles. The maximum atomic E-state index is 10.3. The molecule has 0 aromatic carbocycles. The number of hydrogen-bond donors (Lipinski definition) is 2. The van der Waals surface area contributed by atoms with Crippen LogP contribution in [-0.4, -0.2) is 31.5 Å². The fraction of sp³-hybridized carbons (Fsp3) is 0.0769. The maximum absolute atomic E-state index is 10.3. The van der Waals surface area contributed by atoms with Gasteiger partial charge >= 0.3 is 0 Å². The van der Waals surface area contributed by atoms with E-state index >= 15 is 0 Å². The lowest BCUT2D eigenvalue weighted by Gasteiger charge is -1.88. The SMILES string of the molecule is C.O=C1C=CC=CC1=O.c1c[nH]cn1.c1c[nH]cn1. The second-order valence-corrected chi connectivity index (χ2v) is 2.97. The fourth-order valence-corrected chi connectivity index (χ4v) is 0.881. The van der Waals surface area contributed by atoms with E-state index in [1.165, 1.54) is 12.2 Å². The lowest BCUT2D eigenvalue weighted by Crippen LogP contribution is -2.08. The summed E-state index contributed by atoms with van der Waals surface area (Å²) in [5, 5.41) is 0. The fourth-order valence-electron chi connectivity index (χ4n) is 0.881. The van der Waals surface area contributed by atoms with Crippen molar-refractivity contribution < 1.29 is 9.59 Å². The van der Waals surface area contributed by atoms with Gasteiger partial charge in [-0.05, 0) is 12.2 Å². The summed E-state index contributed by atoms with van der Waals surface area (Å²) in [6.07, 6.45) is 15.8. The molecular weight excluding hydrogens is 244 g/mol. The van der Waals surface area contributed by atoms with Gasteiger partial charge in [-0.25, -0.2) is 9.97 Å². The molecule has 0 bridgehead atoms. The lowest BCUT2D eigenvalue weighted by atomic mass is 10.1. The van der Waals surface area contributed by atoms with E-state index < -0.39 is 11.6 Å². The van der Waals surface area contributed by atoms with Gasteiger partial charge in [-0.3, -0.25) is 9.59 Å². The van der Waals surface area contributed by atoms with Gasteiger partial charge < -0.3 is 9.97 Å². The van der Waals surface area contributed by atoms with Crippen LogP contribution in [0.4, 0.5) is 0 Å². The van der Waals surface area contributed by atoms with Crippen molar-refractivity contribution in [2.45, 2.75) is 7.43 Å². The first-order chi connectivity index (χ1) is 8.80. The average molecular weight is 260 g/mol. The Balaban J connectivity index is 0.000000259. The van der Waals surface area contributed by atoms with Crippen molar-refractivity contribution in [2.75, 3.05) is 0 Å². The van der Waals surface area contributed by atoms with Crippen LogP contribution in [0.1, 0.15) is 7.43 Å². The largest absolute Gasteiger partial charge is 0.351 e. The van der Waals surface area contributed by atoms with Gasteiger partial charge in [-0.15, -0.1) is 0 Å². The van der Waals surface area contributed by atoms with Gasteiger partial charge in [0.25, 0.3) is 0 Å². The zero-order chi connectivity index (χ0) is 13.1. The first-order valence-corrected chi connectivity index (χ1v) is 5.09. The summed E-state index contributed by atoms with van der Waals surface area (Å²) < 4.78 is 0. The number of carbonyl (C=O) groups is 2. The van der Waals surface area contributed by atoms with Crippen LogP contribution in [0.5, 0.6) is 0 Å². The molecule has 6 nitrogen and oxygen atoms in total. The van der Waals surface area contributed by atoms with Gasteiger partial charge in [0, 0.05) is 24.8 Å². The van der Waals surface area contributed by atoms with E-state index in [1.54, 1.807) is 49.6 Å². The number of H-pyrrole nitrogens is 2. The molecule has 1 aliphatic carbocycles. The molecule has 0 amide bonds. The van der Waals surface area contributed by atoms with Crippen LogP contribution in [0.2, 0.25) is 0 Å². The highest BCUT2D eigenvalue weighted by Crippen LogP contribution is 1.90. The number of carbonyl (C=O) groups excluding carboxylic acids is 2. The van der Waals surface area contributed by atoms with Crippen molar-refractivity contribution in [1.82, 2.24) is 19.9 Å². The summed E-state index contributed by atoms with van der Waals surface area (Å²) in [6, 6.07) is 0. The molecule has 1 aliphatic rings. The van der Waals surface area contributed by atoms with Crippen LogP contribution >= 0.6 is 0 Å². The van der Waals surface area contributed by atoms with Gasteiger partial charge in [-0.1, -0.05) is 19.6 Å². The van der Waals surface area contributed by atoms with Crippen LogP contribution in [0.3, 0.4) is 0 Å². The Labute approximate surface area is 111 Å². The Morgan fingerprint density at radius 2 is 1.21 bits per heavy atom. The van der Waals surface area contributed by atoms with Gasteiger partial charge in [0.1, 0.15) is 0 Å². The predicted molar refractivity (Wildman–Crippen MR) is 72.2 cm³/mol. The first-order valence-electron chi connectivity index (χ1n) is 5.09. The van der Waals surface area contributed by atoms with E-state index in [0.29, 0.717) is 0 Å². The van der Waals surface area contributed by atoms with Crippen LogP contribution < -0.4 is 0 Å². The molecular formula is C13H16N4O2. The first kappa shape index (κ1) is 16.2. The van der Waals surface area contributed by atoms with Gasteiger partial charge in [0.05, 0.1) is 12.7 Å². The minimum Gasteiger partial charge on any atom is -0.351 e. The molecule has 2 aromatic heterocycles. The van der Waals surface area contributed by atoms with Crippen LogP contribution in [0.15, 0.2) is 61.7 Å². The van der Waals surface area contributed by atoms with Crippen molar-refractivity contribution in [1.29, 1.82) is 0 Å². The molecule has 2 N–H and O–H groups in total. The zero-order valence-corrected chi connectivity index (χ0v) is 9.48. The quantitative estimate of drug-likeness (QED) is 0.557. The third kappa shape index (κ3) is 8.03. The monoisotopic (exact) mass is 260 g/mol. The van der Waals surface area contributed by atoms with Gasteiger partial charge in [0.15, 0.2) is 0 Å². The minimum atomic E-state index is -0.437. The number of nitrogens with one attached hydrogen (secondary N) is 2. The number of nitrogens with zero attached hydrogens (tertiary/aromatic N) is 2. The Hall–Kier alpha value is -2.76. The average Bonchev–Trinajstić information content (AvgIpc) is 3.11. The van der Waals surface area contributed by atoms with E-state index in [0.717, 1.165) is 0 Å². The second-order valence-electron chi connectivity index (χ2n) is 2.97. The van der Waals surface area contributed by atoms with Crippen LogP contribution in [0.25, 0.3) is 0 Å². The normalized spacial score (nSPS) is 11.6. The molecule has 2 aromatic rings.